The van der Waals surface area contributed by atoms with Crippen LogP contribution in [-0.2, 0) is 10.9 Å². The van der Waals surface area contributed by atoms with Crippen LogP contribution in [0.5, 0.6) is 5.75 Å². The second-order valence-corrected chi connectivity index (χ2v) is 7.33. The molecule has 166 valence electrons. The second kappa shape index (κ2) is 8.21. The average Bonchev–Trinajstić information content (AvgIpc) is 3.16. The molecule has 1 amide bonds. The Morgan fingerprint density at radius 1 is 1.44 bits per heavy atom. The largest absolute Gasteiger partial charge is 0.552 e. The first-order valence-corrected chi connectivity index (χ1v) is 9.59. The van der Waals surface area contributed by atoms with E-state index in [4.69, 9.17) is 15.1 Å². The maximum absolute atomic E-state index is 13.6. The summed E-state index contributed by atoms with van der Waals surface area (Å²) in [5, 5.41) is 25.9. The molecular weight excluding hydrogens is 430 g/mol. The van der Waals surface area contributed by atoms with E-state index in [-0.39, 0.29) is 29.2 Å². The van der Waals surface area contributed by atoms with Crippen molar-refractivity contribution in [2.75, 3.05) is 18.5 Å². The van der Waals surface area contributed by atoms with Crippen molar-refractivity contribution in [3.05, 3.63) is 41.0 Å². The monoisotopic (exact) mass is 447 g/mol. The minimum absolute atomic E-state index is 0.0230. The lowest BCUT2D eigenvalue weighted by molar-refractivity contribution is -0.138. The molecule has 32 heavy (non-hydrogen) atoms. The number of rotatable bonds is 4. The molecule has 3 heterocycles. The molecule has 0 saturated carbocycles. The van der Waals surface area contributed by atoms with E-state index in [9.17, 15) is 28.3 Å². The number of hydrogen-bond acceptors (Lipinski definition) is 7. The van der Waals surface area contributed by atoms with Gasteiger partial charge in [-0.3, -0.25) is 9.48 Å². The molecule has 2 aliphatic rings. The van der Waals surface area contributed by atoms with Gasteiger partial charge in [-0.15, -0.1) is 0 Å². The highest BCUT2D eigenvalue weighted by molar-refractivity contribution is 6.51. The lowest BCUT2D eigenvalue weighted by Gasteiger charge is -2.27. The number of amides is 1. The predicted octanol–water partition coefficient (Wildman–Crippen LogP) is 2.27. The summed E-state index contributed by atoms with van der Waals surface area (Å²) in [6, 6.07) is 3.85. The standard InChI is InChI=1S/C19H17BF3N5O4/c21-19(22,23)14-6-12(5-10-1-3-20(30)32-16(10)14)26-18-13(17(25)29)8-28(27-18)15-9-31-4-2-11(15)7-24/h1,3,5-6,8,11,15,30H,2,4,9H2,(H2,25,29)(H,26,27)/t11-,15+/m0/s1. The van der Waals surface area contributed by atoms with Gasteiger partial charge in [0.2, 0.25) is 0 Å². The lowest BCUT2D eigenvalue weighted by Crippen LogP contribution is -2.29. The Labute approximate surface area is 180 Å². The highest BCUT2D eigenvalue weighted by atomic mass is 19.4. The first-order valence-electron chi connectivity index (χ1n) is 9.59. The van der Waals surface area contributed by atoms with Crippen molar-refractivity contribution in [2.45, 2.75) is 18.6 Å². The van der Waals surface area contributed by atoms with Gasteiger partial charge < -0.3 is 25.5 Å². The summed E-state index contributed by atoms with van der Waals surface area (Å²) in [6.45, 7) is 0.614. The normalized spacial score (nSPS) is 20.3. The van der Waals surface area contributed by atoms with E-state index in [1.54, 1.807) is 0 Å². The van der Waals surface area contributed by atoms with Crippen LogP contribution in [0, 0.1) is 17.2 Å². The predicted molar refractivity (Wildman–Crippen MR) is 107 cm³/mol. The third-order valence-electron chi connectivity index (χ3n) is 5.19. The van der Waals surface area contributed by atoms with E-state index in [1.807, 2.05) is 0 Å². The van der Waals surface area contributed by atoms with Gasteiger partial charge in [-0.2, -0.15) is 23.5 Å². The van der Waals surface area contributed by atoms with Crippen molar-refractivity contribution in [3.63, 3.8) is 0 Å². The number of benzene rings is 1. The Kier molecular flexibility index (Phi) is 5.58. The van der Waals surface area contributed by atoms with E-state index < -0.39 is 42.5 Å². The van der Waals surface area contributed by atoms with Crippen molar-refractivity contribution in [3.8, 4) is 11.8 Å². The van der Waals surface area contributed by atoms with Gasteiger partial charge >= 0.3 is 13.3 Å². The topological polar surface area (TPSA) is 135 Å². The van der Waals surface area contributed by atoms with Gasteiger partial charge in [-0.25, -0.2) is 0 Å². The summed E-state index contributed by atoms with van der Waals surface area (Å²) in [5.41, 5.74) is 4.33. The number of carbonyl (C=O) groups excluding carboxylic acids is 1. The molecule has 0 radical (unpaired) electrons. The molecular formula is C19H17BF3N5O4. The van der Waals surface area contributed by atoms with E-state index in [1.165, 1.54) is 29.0 Å². The average molecular weight is 447 g/mol. The second-order valence-electron chi connectivity index (χ2n) is 7.33. The molecule has 2 atom stereocenters. The van der Waals surface area contributed by atoms with Crippen LogP contribution < -0.4 is 15.7 Å². The van der Waals surface area contributed by atoms with Crippen molar-refractivity contribution in [1.29, 1.82) is 5.26 Å². The number of nitrogens with two attached hydrogens (primary N) is 1. The van der Waals surface area contributed by atoms with Crippen LogP contribution in [0.3, 0.4) is 0 Å². The van der Waals surface area contributed by atoms with Crippen LogP contribution >= 0.6 is 0 Å². The summed E-state index contributed by atoms with van der Waals surface area (Å²) in [6.07, 6.45) is -1.64. The molecule has 13 heteroatoms. The summed E-state index contributed by atoms with van der Waals surface area (Å²) < 4.78 is 52.5. The molecule has 2 aliphatic heterocycles. The van der Waals surface area contributed by atoms with Gasteiger partial charge in [0.15, 0.2) is 5.82 Å². The van der Waals surface area contributed by atoms with E-state index in [2.05, 4.69) is 16.5 Å². The van der Waals surface area contributed by atoms with Crippen LogP contribution in [0.1, 0.15) is 33.9 Å². The number of alkyl halides is 3. The maximum atomic E-state index is 13.6. The first-order chi connectivity index (χ1) is 15.2. The fraction of sp³-hybridized carbons (Fsp3) is 0.316. The minimum Gasteiger partial charge on any atom is -0.532 e. The third-order valence-corrected chi connectivity index (χ3v) is 5.19. The number of primary amides is 1. The van der Waals surface area contributed by atoms with Gasteiger partial charge in [0.1, 0.15) is 11.3 Å². The van der Waals surface area contributed by atoms with Crippen molar-refractivity contribution in [1.82, 2.24) is 9.78 Å². The zero-order valence-corrected chi connectivity index (χ0v) is 16.5. The van der Waals surface area contributed by atoms with Crippen molar-refractivity contribution in [2.24, 2.45) is 11.7 Å². The number of nitrogens with one attached hydrogen (secondary N) is 1. The summed E-state index contributed by atoms with van der Waals surface area (Å²) >= 11 is 0. The number of nitriles is 1. The minimum atomic E-state index is -4.77. The number of carbonyl (C=O) groups is 1. The molecule has 4 N–H and O–H groups in total. The number of hydrogen-bond donors (Lipinski definition) is 3. The molecule has 1 saturated heterocycles. The maximum Gasteiger partial charge on any atom is 0.552 e. The Hall–Kier alpha value is -3.50. The molecule has 0 unspecified atom stereocenters. The van der Waals surface area contributed by atoms with Gasteiger partial charge in [-0.1, -0.05) is 6.08 Å². The Balaban J connectivity index is 1.73. The molecule has 0 bridgehead atoms. The third kappa shape index (κ3) is 4.14. The van der Waals surface area contributed by atoms with Crippen LogP contribution in [0.2, 0.25) is 0 Å². The van der Waals surface area contributed by atoms with Gasteiger partial charge in [0.05, 0.1) is 30.2 Å². The number of halogens is 3. The highest BCUT2D eigenvalue weighted by Gasteiger charge is 2.38. The first kappa shape index (κ1) is 21.7. The smallest absolute Gasteiger partial charge is 0.532 e. The highest BCUT2D eigenvalue weighted by Crippen LogP contribution is 2.42. The van der Waals surface area contributed by atoms with E-state index in [0.29, 0.717) is 13.0 Å². The molecule has 1 fully saturated rings. The SMILES string of the molecule is N#C[C@@H]1CCOC[C@H]1n1cc(C(N)=O)c(Nc2cc3c(c(C(F)(F)F)c2)OB(O)C=C3)n1. The van der Waals surface area contributed by atoms with E-state index in [0.717, 1.165) is 6.07 Å². The quantitative estimate of drug-likeness (QED) is 0.612. The fourth-order valence-corrected chi connectivity index (χ4v) is 3.64. The van der Waals surface area contributed by atoms with Crippen LogP contribution in [0.4, 0.5) is 24.7 Å². The van der Waals surface area contributed by atoms with E-state index >= 15 is 0 Å². The molecule has 1 aromatic carbocycles. The number of nitrogens with zero attached hydrogens (tertiary/aromatic N) is 3. The zero-order chi connectivity index (χ0) is 23.0. The number of aromatic nitrogens is 2. The molecule has 0 spiro atoms. The van der Waals surface area contributed by atoms with Gasteiger partial charge in [-0.05, 0) is 24.5 Å². The number of anilines is 2. The van der Waals surface area contributed by atoms with Crippen LogP contribution in [0.15, 0.2) is 24.3 Å². The van der Waals surface area contributed by atoms with Gasteiger partial charge in [0, 0.05) is 24.1 Å². The fourth-order valence-electron chi connectivity index (χ4n) is 3.64. The molecule has 2 aromatic rings. The lowest BCUT2D eigenvalue weighted by atomic mass is 9.85. The Morgan fingerprint density at radius 2 is 2.22 bits per heavy atom. The summed E-state index contributed by atoms with van der Waals surface area (Å²) in [7, 11) is -1.50. The molecule has 0 aliphatic carbocycles. The van der Waals surface area contributed by atoms with Gasteiger partial charge in [0.25, 0.3) is 5.91 Å². The van der Waals surface area contributed by atoms with Crippen LogP contribution in [-0.4, -0.2) is 41.0 Å². The Morgan fingerprint density at radius 3 is 2.91 bits per heavy atom. The van der Waals surface area contributed by atoms with Crippen molar-refractivity contribution < 1.29 is 32.4 Å². The molecule has 4 rings (SSSR count). The Bertz CT molecular complexity index is 1130. The van der Waals surface area contributed by atoms with Crippen LogP contribution in [0.25, 0.3) is 6.08 Å². The van der Waals surface area contributed by atoms with Crippen molar-refractivity contribution >= 4 is 30.6 Å². The summed E-state index contributed by atoms with van der Waals surface area (Å²) in [4.78, 5) is 11.9. The number of fused-ring (bicyclic) bond motifs is 1. The molecule has 9 nitrogen and oxygen atoms in total. The zero-order valence-electron chi connectivity index (χ0n) is 16.5. The summed E-state index contributed by atoms with van der Waals surface area (Å²) in [5.74, 6) is -0.625. The molecule has 1 aromatic heterocycles. The number of ether oxygens (including phenoxy) is 1.